The van der Waals surface area contributed by atoms with Gasteiger partial charge < -0.3 is 41.3 Å². The predicted octanol–water partition coefficient (Wildman–Crippen LogP) is -1.24. The van der Waals surface area contributed by atoms with Crippen molar-refractivity contribution in [2.75, 3.05) is 24.3 Å². The molecule has 2 aromatic heterocycles. The Morgan fingerprint density at radius 1 is 1.14 bits per heavy atom. The zero-order valence-electron chi connectivity index (χ0n) is 18.7. The number of ether oxygens (including phenoxy) is 1. The number of carboxylic acid groups (broad SMARTS) is 3. The number of aromatic nitrogens is 4. The molecule has 1 saturated heterocycles. The fourth-order valence-corrected chi connectivity index (χ4v) is 3.68. The molecule has 1 aliphatic rings. The molecule has 16 heteroatoms. The number of carboxylic acids is 3. The number of aliphatic hydroxyl groups is 2. The van der Waals surface area contributed by atoms with Crippen molar-refractivity contribution in [3.63, 3.8) is 0 Å². The molecule has 0 radical (unpaired) electrons. The van der Waals surface area contributed by atoms with Crippen LogP contribution < -0.4 is 11.1 Å². The number of nitrogens with zero attached hydrogens (tertiary/aromatic N) is 4. The van der Waals surface area contributed by atoms with Crippen molar-refractivity contribution in [1.82, 2.24) is 24.8 Å². The minimum absolute atomic E-state index is 0.0732. The van der Waals surface area contributed by atoms with E-state index in [-0.39, 0.29) is 25.2 Å². The highest BCUT2D eigenvalue weighted by Gasteiger charge is 2.44. The molecule has 1 unspecified atom stereocenters. The molecule has 0 saturated carbocycles. The summed E-state index contributed by atoms with van der Waals surface area (Å²) in [5.74, 6) is -2.24. The Hall–Kier alpha value is -3.05. The van der Waals surface area contributed by atoms with E-state index in [4.69, 9.17) is 20.7 Å². The Kier molecular flexibility index (Phi) is 10.6. The first-order valence-electron chi connectivity index (χ1n) is 10.4. The van der Waals surface area contributed by atoms with Gasteiger partial charge in [0.05, 0.1) is 19.2 Å². The molecule has 1 fully saturated rings. The number of aliphatic carboxylic acids is 3. The van der Waals surface area contributed by atoms with Gasteiger partial charge in [0.1, 0.15) is 36.2 Å². The number of nitrogens with two attached hydrogens (primary N) is 1. The minimum Gasteiger partial charge on any atom is -0.481 e. The molecule has 0 aliphatic carbocycles. The average molecular weight is 517 g/mol. The third-order valence-corrected chi connectivity index (χ3v) is 5.67. The van der Waals surface area contributed by atoms with Gasteiger partial charge in [-0.1, -0.05) is 0 Å². The fourth-order valence-electron chi connectivity index (χ4n) is 3.20. The van der Waals surface area contributed by atoms with Crippen LogP contribution in [0.15, 0.2) is 12.7 Å². The molecule has 0 spiro atoms. The van der Waals surface area contributed by atoms with Crippen molar-refractivity contribution in [3.8, 4) is 0 Å². The molecular weight excluding hydrogens is 488 g/mol. The molecule has 1 aliphatic heterocycles. The van der Waals surface area contributed by atoms with Crippen molar-refractivity contribution in [3.05, 3.63) is 12.7 Å². The maximum Gasteiger partial charge on any atom is 0.320 e. The molecule has 5 atom stereocenters. The van der Waals surface area contributed by atoms with Crippen LogP contribution in [0.3, 0.4) is 0 Å². The second-order valence-corrected chi connectivity index (χ2v) is 8.48. The third kappa shape index (κ3) is 7.72. The quantitative estimate of drug-likeness (QED) is 0.185. The summed E-state index contributed by atoms with van der Waals surface area (Å²) in [4.78, 5) is 42.7. The molecule has 0 aromatic carbocycles. The first kappa shape index (κ1) is 28.2. The number of aliphatic hydroxyl groups excluding tert-OH is 2. The molecule has 194 valence electrons. The molecule has 0 amide bonds. The van der Waals surface area contributed by atoms with Gasteiger partial charge in [0.25, 0.3) is 0 Å². The van der Waals surface area contributed by atoms with Gasteiger partial charge in [0.2, 0.25) is 0 Å². The minimum atomic E-state index is -1.24. The maximum absolute atomic E-state index is 11.3. The van der Waals surface area contributed by atoms with Crippen molar-refractivity contribution in [2.24, 2.45) is 0 Å². The number of hydrogen-bond donors (Lipinski definition) is 7. The SMILES string of the molecule is CSCCC(NC[C@H]1O[C@@H](n2cnc3c(N)ncnc32)[C@H](O)[C@@H]1O)C(=O)O.O=C(O)CCC(=O)O. The van der Waals surface area contributed by atoms with E-state index in [1.54, 1.807) is 11.8 Å². The number of fused-ring (bicyclic) bond motifs is 1. The topological polar surface area (TPSA) is 243 Å². The highest BCUT2D eigenvalue weighted by Crippen LogP contribution is 2.31. The highest BCUT2D eigenvalue weighted by atomic mass is 32.2. The first-order valence-corrected chi connectivity index (χ1v) is 11.8. The van der Waals surface area contributed by atoms with E-state index in [1.807, 2.05) is 6.26 Å². The second kappa shape index (κ2) is 13.1. The number of thioether (sulfide) groups is 1. The summed E-state index contributed by atoms with van der Waals surface area (Å²) >= 11 is 1.55. The summed E-state index contributed by atoms with van der Waals surface area (Å²) in [6.45, 7) is 0.0732. The second-order valence-electron chi connectivity index (χ2n) is 7.50. The monoisotopic (exact) mass is 516 g/mol. The van der Waals surface area contributed by atoms with Crippen LogP contribution in [-0.2, 0) is 19.1 Å². The van der Waals surface area contributed by atoms with Gasteiger partial charge in [-0.25, -0.2) is 15.0 Å². The predicted molar refractivity (Wildman–Crippen MR) is 123 cm³/mol. The maximum atomic E-state index is 11.3. The number of rotatable bonds is 11. The van der Waals surface area contributed by atoms with Crippen molar-refractivity contribution in [1.29, 1.82) is 0 Å². The molecule has 15 nitrogen and oxygen atoms in total. The van der Waals surface area contributed by atoms with Gasteiger partial charge in [0, 0.05) is 6.54 Å². The first-order chi connectivity index (χ1) is 16.6. The van der Waals surface area contributed by atoms with Crippen LogP contribution in [0.2, 0.25) is 0 Å². The van der Waals surface area contributed by atoms with Crippen LogP contribution in [0.4, 0.5) is 5.82 Å². The average Bonchev–Trinajstić information content (AvgIpc) is 3.35. The van der Waals surface area contributed by atoms with E-state index in [2.05, 4.69) is 20.3 Å². The Balaban J connectivity index is 0.000000466. The molecule has 35 heavy (non-hydrogen) atoms. The summed E-state index contributed by atoms with van der Waals surface area (Å²) in [6, 6.07) is -0.758. The fraction of sp³-hybridized carbons (Fsp3) is 0.579. The summed E-state index contributed by atoms with van der Waals surface area (Å²) in [5, 5.41) is 48.7. The van der Waals surface area contributed by atoms with Crippen LogP contribution in [0.25, 0.3) is 11.2 Å². The molecular formula is C19H28N6O9S. The van der Waals surface area contributed by atoms with Gasteiger partial charge in [0.15, 0.2) is 17.7 Å². The lowest BCUT2D eigenvalue weighted by molar-refractivity contribution is -0.143. The van der Waals surface area contributed by atoms with Gasteiger partial charge >= 0.3 is 17.9 Å². The van der Waals surface area contributed by atoms with Gasteiger partial charge in [-0.15, -0.1) is 0 Å². The van der Waals surface area contributed by atoms with Crippen molar-refractivity contribution < 1.29 is 44.7 Å². The normalized spacial score (nSPS) is 22.4. The van der Waals surface area contributed by atoms with Gasteiger partial charge in [-0.05, 0) is 18.4 Å². The van der Waals surface area contributed by atoms with Gasteiger partial charge in [-0.3, -0.25) is 19.0 Å². The molecule has 3 rings (SSSR count). The summed E-state index contributed by atoms with van der Waals surface area (Å²) < 4.78 is 7.25. The van der Waals surface area contributed by atoms with E-state index < -0.39 is 48.5 Å². The van der Waals surface area contributed by atoms with E-state index in [0.717, 1.165) is 0 Å². The zero-order chi connectivity index (χ0) is 26.1. The standard InChI is InChI=1S/C15H22N6O5S.C4H6O4/c1-27-3-2-7(15(24)25)17-4-8-10(22)11(23)14(26-8)21-6-20-9-12(16)18-5-19-13(9)21;5-3(6)1-2-4(7)8/h5-8,10-11,14,17,22-23H,2-4H2,1H3,(H,24,25)(H2,16,18,19);1-2H2,(H,5,6)(H,7,8)/t7?,8-,10-,11-,14-;/m1./s1. The Bertz CT molecular complexity index is 1010. The number of anilines is 1. The van der Waals surface area contributed by atoms with E-state index in [1.165, 1.54) is 17.2 Å². The smallest absolute Gasteiger partial charge is 0.320 e. The largest absolute Gasteiger partial charge is 0.481 e. The number of carbonyl (C=O) groups is 3. The number of hydrogen-bond acceptors (Lipinski definition) is 12. The van der Waals surface area contributed by atoms with Crippen LogP contribution >= 0.6 is 11.8 Å². The highest BCUT2D eigenvalue weighted by molar-refractivity contribution is 7.98. The number of nitrogens with one attached hydrogen (secondary N) is 1. The van der Waals surface area contributed by atoms with Crippen molar-refractivity contribution >= 4 is 46.7 Å². The lowest BCUT2D eigenvalue weighted by atomic mass is 10.1. The summed E-state index contributed by atoms with van der Waals surface area (Å²) in [7, 11) is 0. The Labute approximate surface area is 203 Å². The summed E-state index contributed by atoms with van der Waals surface area (Å²) in [5.41, 5.74) is 6.50. The van der Waals surface area contributed by atoms with Crippen LogP contribution in [0, 0.1) is 0 Å². The van der Waals surface area contributed by atoms with Crippen LogP contribution in [-0.4, -0.2) is 106 Å². The zero-order valence-corrected chi connectivity index (χ0v) is 19.5. The Morgan fingerprint density at radius 3 is 2.37 bits per heavy atom. The van der Waals surface area contributed by atoms with E-state index >= 15 is 0 Å². The van der Waals surface area contributed by atoms with E-state index in [9.17, 15) is 29.7 Å². The summed E-state index contributed by atoms with van der Waals surface area (Å²) in [6.07, 6.45) is 0.265. The van der Waals surface area contributed by atoms with Gasteiger partial charge in [-0.2, -0.15) is 11.8 Å². The lowest BCUT2D eigenvalue weighted by Crippen LogP contribution is -2.44. The molecule has 8 N–H and O–H groups in total. The molecule has 3 heterocycles. The van der Waals surface area contributed by atoms with Crippen LogP contribution in [0.1, 0.15) is 25.5 Å². The molecule has 0 bridgehead atoms. The third-order valence-electron chi connectivity index (χ3n) is 5.03. The lowest BCUT2D eigenvalue weighted by Gasteiger charge is -2.19. The van der Waals surface area contributed by atoms with Crippen LogP contribution in [0.5, 0.6) is 0 Å². The number of imidazole rings is 1. The number of nitrogen functional groups attached to an aromatic ring is 1. The molecule has 2 aromatic rings. The van der Waals surface area contributed by atoms with Crippen molar-refractivity contribution in [2.45, 2.75) is 49.8 Å². The van der Waals surface area contributed by atoms with E-state index in [0.29, 0.717) is 23.3 Å². The Morgan fingerprint density at radius 2 is 1.80 bits per heavy atom.